The molecule has 3 N–H and O–H groups in total. The summed E-state index contributed by atoms with van der Waals surface area (Å²) in [5.41, 5.74) is 5.89. The topological polar surface area (TPSA) is 38.0 Å². The normalized spacial score (nSPS) is 11.4. The van der Waals surface area contributed by atoms with Gasteiger partial charge in [-0.25, -0.2) is 4.39 Å². The summed E-state index contributed by atoms with van der Waals surface area (Å²) in [7, 11) is 0. The zero-order valence-corrected chi connectivity index (χ0v) is 10.3. The van der Waals surface area contributed by atoms with Gasteiger partial charge in [0, 0.05) is 12.2 Å². The van der Waals surface area contributed by atoms with Gasteiger partial charge in [0.1, 0.15) is 5.82 Å². The fraction of sp³-hybridized carbons (Fsp3) is 0.143. The zero-order chi connectivity index (χ0) is 14.8. The van der Waals surface area contributed by atoms with Gasteiger partial charge in [0.2, 0.25) is 0 Å². The van der Waals surface area contributed by atoms with E-state index in [-0.39, 0.29) is 12.2 Å². The molecule has 0 atom stereocenters. The van der Waals surface area contributed by atoms with Crippen LogP contribution in [0.3, 0.4) is 0 Å². The molecule has 106 valence electrons. The van der Waals surface area contributed by atoms with E-state index in [1.165, 1.54) is 30.3 Å². The lowest BCUT2D eigenvalue weighted by molar-refractivity contribution is -0.137. The lowest BCUT2D eigenvalue weighted by Crippen LogP contribution is -2.06. The van der Waals surface area contributed by atoms with Crippen LogP contribution in [0, 0.1) is 5.82 Å². The van der Waals surface area contributed by atoms with Gasteiger partial charge in [-0.1, -0.05) is 12.1 Å². The fourth-order valence-corrected chi connectivity index (χ4v) is 1.68. The van der Waals surface area contributed by atoms with Gasteiger partial charge in [0.05, 0.1) is 11.3 Å². The summed E-state index contributed by atoms with van der Waals surface area (Å²) in [5, 5.41) is 2.80. The molecule has 20 heavy (non-hydrogen) atoms. The van der Waals surface area contributed by atoms with Crippen LogP contribution in [0.1, 0.15) is 11.1 Å². The fourth-order valence-electron chi connectivity index (χ4n) is 1.68. The minimum Gasteiger partial charge on any atom is -0.399 e. The molecule has 0 heterocycles. The van der Waals surface area contributed by atoms with Crippen molar-refractivity contribution in [2.75, 3.05) is 11.1 Å². The van der Waals surface area contributed by atoms with E-state index in [0.29, 0.717) is 11.3 Å². The molecule has 0 aliphatic carbocycles. The van der Waals surface area contributed by atoms with Crippen LogP contribution >= 0.6 is 0 Å². The monoisotopic (exact) mass is 284 g/mol. The average Bonchev–Trinajstić information content (AvgIpc) is 2.37. The molecule has 2 aromatic carbocycles. The van der Waals surface area contributed by atoms with Crippen LogP contribution in [-0.4, -0.2) is 0 Å². The summed E-state index contributed by atoms with van der Waals surface area (Å²) >= 11 is 0. The molecule has 0 unspecified atom stereocenters. The first kappa shape index (κ1) is 14.2. The van der Waals surface area contributed by atoms with Gasteiger partial charge >= 0.3 is 6.18 Å². The van der Waals surface area contributed by atoms with Crippen LogP contribution in [-0.2, 0) is 12.7 Å². The molecule has 0 radical (unpaired) electrons. The van der Waals surface area contributed by atoms with Gasteiger partial charge in [0.15, 0.2) is 0 Å². The number of rotatable bonds is 3. The van der Waals surface area contributed by atoms with E-state index in [2.05, 4.69) is 5.32 Å². The van der Waals surface area contributed by atoms with E-state index in [1.807, 2.05) is 0 Å². The third-order valence-corrected chi connectivity index (χ3v) is 2.76. The van der Waals surface area contributed by atoms with Crippen molar-refractivity contribution < 1.29 is 17.6 Å². The lowest BCUT2D eigenvalue weighted by Gasteiger charge is -2.10. The minimum atomic E-state index is -4.35. The molecule has 0 saturated carbocycles. The molecule has 0 aliphatic heterocycles. The molecule has 2 nitrogen and oxygen atoms in total. The second kappa shape index (κ2) is 5.40. The summed E-state index contributed by atoms with van der Waals surface area (Å²) in [6.07, 6.45) is -4.35. The van der Waals surface area contributed by atoms with Crippen molar-refractivity contribution in [3.63, 3.8) is 0 Å². The van der Waals surface area contributed by atoms with Crippen LogP contribution < -0.4 is 11.1 Å². The third-order valence-electron chi connectivity index (χ3n) is 2.76. The largest absolute Gasteiger partial charge is 0.416 e. The third kappa shape index (κ3) is 3.40. The maximum Gasteiger partial charge on any atom is 0.416 e. The molecular formula is C14H12F4N2. The Morgan fingerprint density at radius 3 is 2.20 bits per heavy atom. The van der Waals surface area contributed by atoms with Gasteiger partial charge in [-0.15, -0.1) is 0 Å². The van der Waals surface area contributed by atoms with Crippen molar-refractivity contribution in [2.24, 2.45) is 0 Å². The number of nitrogen functional groups attached to an aromatic ring is 1. The molecule has 0 saturated heterocycles. The summed E-state index contributed by atoms with van der Waals surface area (Å²) in [6.45, 7) is 0.221. The highest BCUT2D eigenvalue weighted by atomic mass is 19.4. The van der Waals surface area contributed by atoms with Gasteiger partial charge < -0.3 is 11.1 Å². The van der Waals surface area contributed by atoms with Gasteiger partial charge in [-0.2, -0.15) is 13.2 Å². The summed E-state index contributed by atoms with van der Waals surface area (Å²) in [4.78, 5) is 0. The van der Waals surface area contributed by atoms with Gasteiger partial charge in [-0.3, -0.25) is 0 Å². The number of nitrogens with one attached hydrogen (secondary N) is 1. The maximum atomic E-state index is 13.5. The Kier molecular flexibility index (Phi) is 3.83. The Morgan fingerprint density at radius 1 is 1.00 bits per heavy atom. The molecule has 2 aromatic rings. The molecule has 6 heteroatoms. The summed E-state index contributed by atoms with van der Waals surface area (Å²) in [6, 6.07) is 8.89. The Morgan fingerprint density at radius 2 is 1.65 bits per heavy atom. The summed E-state index contributed by atoms with van der Waals surface area (Å²) in [5.74, 6) is -0.503. The van der Waals surface area contributed by atoms with E-state index in [9.17, 15) is 17.6 Å². The Labute approximate surface area is 113 Å². The highest BCUT2D eigenvalue weighted by molar-refractivity contribution is 5.52. The maximum absolute atomic E-state index is 13.5. The SMILES string of the molecule is Nc1ccc(NCc2ccc(C(F)(F)F)cc2)c(F)c1. The van der Waals surface area contributed by atoms with Crippen molar-refractivity contribution in [1.29, 1.82) is 0 Å². The second-order valence-electron chi connectivity index (χ2n) is 4.29. The lowest BCUT2D eigenvalue weighted by atomic mass is 10.1. The van der Waals surface area contributed by atoms with E-state index in [1.54, 1.807) is 0 Å². The highest BCUT2D eigenvalue weighted by Gasteiger charge is 2.29. The van der Waals surface area contributed by atoms with Crippen molar-refractivity contribution >= 4 is 11.4 Å². The molecule has 0 spiro atoms. The first-order valence-electron chi connectivity index (χ1n) is 5.81. The van der Waals surface area contributed by atoms with Crippen molar-refractivity contribution in [3.05, 3.63) is 59.4 Å². The van der Waals surface area contributed by atoms with Crippen molar-refractivity contribution in [3.8, 4) is 0 Å². The first-order valence-corrected chi connectivity index (χ1v) is 5.81. The average molecular weight is 284 g/mol. The number of benzene rings is 2. The van der Waals surface area contributed by atoms with Crippen LogP contribution in [0.15, 0.2) is 42.5 Å². The number of hydrogen-bond acceptors (Lipinski definition) is 2. The van der Waals surface area contributed by atoms with Gasteiger partial charge in [-0.05, 0) is 35.9 Å². The van der Waals surface area contributed by atoms with Crippen LogP contribution in [0.5, 0.6) is 0 Å². The van der Waals surface area contributed by atoms with Gasteiger partial charge in [0.25, 0.3) is 0 Å². The number of halogens is 4. The standard InChI is InChI=1S/C14H12F4N2/c15-12-7-11(19)5-6-13(12)20-8-9-1-3-10(4-2-9)14(16,17)18/h1-7,20H,8,19H2. The quantitative estimate of drug-likeness (QED) is 0.659. The predicted octanol–water partition coefficient (Wildman–Crippen LogP) is 4.04. The molecular weight excluding hydrogens is 272 g/mol. The molecule has 0 fully saturated rings. The number of nitrogens with two attached hydrogens (primary N) is 1. The molecule has 0 aromatic heterocycles. The number of hydrogen-bond donors (Lipinski definition) is 2. The molecule has 0 bridgehead atoms. The number of alkyl halides is 3. The zero-order valence-electron chi connectivity index (χ0n) is 10.3. The summed E-state index contributed by atoms with van der Waals surface area (Å²) < 4.78 is 50.6. The number of anilines is 2. The van der Waals surface area contributed by atoms with E-state index < -0.39 is 17.6 Å². The van der Waals surface area contributed by atoms with Crippen molar-refractivity contribution in [1.82, 2.24) is 0 Å². The Bertz CT molecular complexity index is 591. The predicted molar refractivity (Wildman–Crippen MR) is 69.6 cm³/mol. The van der Waals surface area contributed by atoms with Crippen LogP contribution in [0.2, 0.25) is 0 Å². The van der Waals surface area contributed by atoms with E-state index in [4.69, 9.17) is 5.73 Å². The molecule has 0 amide bonds. The first-order chi connectivity index (χ1) is 9.36. The Hall–Kier alpha value is -2.24. The second-order valence-corrected chi connectivity index (χ2v) is 4.29. The van der Waals surface area contributed by atoms with E-state index in [0.717, 1.165) is 12.1 Å². The Balaban J connectivity index is 2.04. The van der Waals surface area contributed by atoms with Crippen LogP contribution in [0.25, 0.3) is 0 Å². The molecule has 0 aliphatic rings. The molecule has 2 rings (SSSR count). The van der Waals surface area contributed by atoms with Crippen molar-refractivity contribution in [2.45, 2.75) is 12.7 Å². The van der Waals surface area contributed by atoms with Crippen LogP contribution in [0.4, 0.5) is 28.9 Å². The smallest absolute Gasteiger partial charge is 0.399 e. The highest BCUT2D eigenvalue weighted by Crippen LogP contribution is 2.29. The van der Waals surface area contributed by atoms with E-state index >= 15 is 0 Å². The minimum absolute atomic E-state index is 0.221.